The summed E-state index contributed by atoms with van der Waals surface area (Å²) in [6.07, 6.45) is 0. The van der Waals surface area contributed by atoms with E-state index in [0.29, 0.717) is 11.0 Å². The highest BCUT2D eigenvalue weighted by Crippen LogP contribution is 2.17. The normalized spacial score (nSPS) is 10.6. The molecule has 2 aromatic carbocycles. The Hall–Kier alpha value is -2.60. The van der Waals surface area contributed by atoms with Crippen LogP contribution in [-0.4, -0.2) is 14.4 Å². The van der Waals surface area contributed by atoms with Crippen LogP contribution in [0.2, 0.25) is 0 Å². The fourth-order valence-corrected chi connectivity index (χ4v) is 2.44. The molecule has 5 nitrogen and oxygen atoms in total. The van der Waals surface area contributed by atoms with Crippen LogP contribution in [0.15, 0.2) is 59.0 Å². The summed E-state index contributed by atoms with van der Waals surface area (Å²) in [4.78, 5) is 12.1. The van der Waals surface area contributed by atoms with Gasteiger partial charge in [-0.2, -0.15) is 9.36 Å². The Bertz CT molecular complexity index is 916. The minimum absolute atomic E-state index is 0.616. The maximum atomic E-state index is 12.1. The van der Waals surface area contributed by atoms with E-state index in [4.69, 9.17) is 0 Å². The molecule has 0 saturated heterocycles. The SMILES string of the molecule is O=C(N=S(=O)=O)[n+]1c2ccccc2cc2ccccc21. The Kier molecular flexibility index (Phi) is 3.00. The molecule has 1 heterocycles. The van der Waals surface area contributed by atoms with Gasteiger partial charge >= 0.3 is 16.5 Å². The van der Waals surface area contributed by atoms with Gasteiger partial charge in [0.2, 0.25) is 0 Å². The lowest BCUT2D eigenvalue weighted by molar-refractivity contribution is -0.511. The van der Waals surface area contributed by atoms with E-state index in [0.717, 1.165) is 10.8 Å². The molecule has 0 fully saturated rings. The number of hydrogen-bond acceptors (Lipinski definition) is 3. The van der Waals surface area contributed by atoms with Gasteiger partial charge in [0.15, 0.2) is 0 Å². The molecular formula is C14H9N2O3S+. The highest BCUT2D eigenvalue weighted by Gasteiger charge is 2.21. The Balaban J connectivity index is 2.51. The molecule has 0 bridgehead atoms. The van der Waals surface area contributed by atoms with Gasteiger partial charge < -0.3 is 0 Å². The van der Waals surface area contributed by atoms with Crippen molar-refractivity contribution in [3.05, 3.63) is 54.6 Å². The van der Waals surface area contributed by atoms with Gasteiger partial charge in [-0.25, -0.2) is 0 Å². The van der Waals surface area contributed by atoms with E-state index in [2.05, 4.69) is 4.36 Å². The molecule has 0 saturated carbocycles. The topological polar surface area (TPSA) is 67.5 Å². The highest BCUT2D eigenvalue weighted by atomic mass is 32.2. The fourth-order valence-electron chi connectivity index (χ4n) is 2.23. The molecule has 0 aliphatic carbocycles. The van der Waals surface area contributed by atoms with Crippen LogP contribution in [0.1, 0.15) is 0 Å². The molecule has 0 atom stereocenters. The van der Waals surface area contributed by atoms with Gasteiger partial charge in [0.25, 0.3) is 0 Å². The van der Waals surface area contributed by atoms with Crippen molar-refractivity contribution < 1.29 is 17.8 Å². The minimum Gasteiger partial charge on any atom is -0.191 e. The molecule has 0 aliphatic heterocycles. The Morgan fingerprint density at radius 2 is 1.40 bits per heavy atom. The molecule has 1 aromatic heterocycles. The zero-order valence-electron chi connectivity index (χ0n) is 10.2. The van der Waals surface area contributed by atoms with Gasteiger partial charge in [0.1, 0.15) is 15.4 Å². The van der Waals surface area contributed by atoms with Crippen molar-refractivity contribution in [1.82, 2.24) is 0 Å². The Morgan fingerprint density at radius 1 is 0.900 bits per heavy atom. The third-order valence-electron chi connectivity index (χ3n) is 3.01. The van der Waals surface area contributed by atoms with E-state index in [1.807, 2.05) is 30.3 Å². The van der Waals surface area contributed by atoms with Gasteiger partial charge in [0.05, 0.1) is 0 Å². The number of fused-ring (bicyclic) bond motifs is 2. The van der Waals surface area contributed by atoms with Crippen molar-refractivity contribution in [3.8, 4) is 0 Å². The number of amides is 1. The molecular weight excluding hydrogens is 276 g/mol. The fraction of sp³-hybridized carbons (Fsp3) is 0. The molecule has 0 aliphatic rings. The summed E-state index contributed by atoms with van der Waals surface area (Å²) in [7, 11) is -2.78. The summed E-state index contributed by atoms with van der Waals surface area (Å²) in [6, 6.07) is 15.6. The van der Waals surface area contributed by atoms with E-state index in [9.17, 15) is 13.2 Å². The summed E-state index contributed by atoms with van der Waals surface area (Å²) >= 11 is 0. The molecule has 0 unspecified atom stereocenters. The van der Waals surface area contributed by atoms with Crippen LogP contribution in [0.25, 0.3) is 21.8 Å². The van der Waals surface area contributed by atoms with E-state index in [1.54, 1.807) is 24.3 Å². The summed E-state index contributed by atoms with van der Waals surface area (Å²) in [5.41, 5.74) is 1.23. The number of hydrogen-bond donors (Lipinski definition) is 0. The minimum atomic E-state index is -2.78. The Labute approximate surface area is 115 Å². The molecule has 1 amide bonds. The van der Waals surface area contributed by atoms with E-state index < -0.39 is 16.5 Å². The molecule has 6 heteroatoms. The van der Waals surface area contributed by atoms with E-state index in [-0.39, 0.29) is 0 Å². The number of carbonyl (C=O) groups is 1. The first-order valence-electron chi connectivity index (χ1n) is 5.85. The maximum absolute atomic E-state index is 12.1. The van der Waals surface area contributed by atoms with Crippen LogP contribution in [0.5, 0.6) is 0 Å². The van der Waals surface area contributed by atoms with Gasteiger partial charge in [-0.3, -0.25) is 0 Å². The van der Waals surface area contributed by atoms with Crippen molar-refractivity contribution in [3.63, 3.8) is 0 Å². The number of para-hydroxylation sites is 2. The van der Waals surface area contributed by atoms with Gasteiger partial charge in [0, 0.05) is 10.8 Å². The molecule has 20 heavy (non-hydrogen) atoms. The molecule has 3 aromatic rings. The number of aromatic nitrogens is 1. The Morgan fingerprint density at radius 3 is 1.90 bits per heavy atom. The number of benzene rings is 2. The largest absolute Gasteiger partial charge is 0.563 e. The molecule has 98 valence electrons. The smallest absolute Gasteiger partial charge is 0.191 e. The molecule has 3 rings (SSSR count). The second-order valence-electron chi connectivity index (χ2n) is 4.19. The third-order valence-corrected chi connectivity index (χ3v) is 3.32. The standard InChI is InChI=1S/C14H9N2O3S/c17-14(15-20(18)19)16-12-7-3-1-5-10(12)9-11-6-2-4-8-13(11)16/h1-9H/q+1. The summed E-state index contributed by atoms with van der Waals surface area (Å²) < 4.78 is 25.7. The highest BCUT2D eigenvalue weighted by molar-refractivity contribution is 7.62. The number of rotatable bonds is 0. The van der Waals surface area contributed by atoms with Gasteiger partial charge in [-0.05, 0) is 18.2 Å². The van der Waals surface area contributed by atoms with Crippen molar-refractivity contribution in [1.29, 1.82) is 0 Å². The lowest BCUT2D eigenvalue weighted by Gasteiger charge is -2.04. The van der Waals surface area contributed by atoms with Crippen LogP contribution in [-0.2, 0) is 10.5 Å². The second-order valence-corrected chi connectivity index (χ2v) is 4.81. The first kappa shape index (κ1) is 12.4. The molecule has 0 radical (unpaired) electrons. The first-order valence-corrected chi connectivity index (χ1v) is 6.88. The molecule has 0 spiro atoms. The lowest BCUT2D eigenvalue weighted by Crippen LogP contribution is -2.42. The average Bonchev–Trinajstić information content (AvgIpc) is 2.43. The average molecular weight is 285 g/mol. The van der Waals surface area contributed by atoms with Crippen molar-refractivity contribution >= 4 is 38.3 Å². The van der Waals surface area contributed by atoms with Crippen molar-refractivity contribution in [2.45, 2.75) is 0 Å². The third kappa shape index (κ3) is 2.06. The predicted octanol–water partition coefficient (Wildman–Crippen LogP) is 2.31. The zero-order chi connectivity index (χ0) is 14.1. The van der Waals surface area contributed by atoms with E-state index in [1.165, 1.54) is 4.57 Å². The second kappa shape index (κ2) is 4.82. The number of carbonyl (C=O) groups excluding carboxylic acids is 1. The predicted molar refractivity (Wildman–Crippen MR) is 73.8 cm³/mol. The molecule has 0 N–H and O–H groups in total. The number of pyridine rings is 1. The monoisotopic (exact) mass is 285 g/mol. The summed E-state index contributed by atoms with van der Waals surface area (Å²) in [5, 5.41) is 1.68. The van der Waals surface area contributed by atoms with Gasteiger partial charge in [-0.1, -0.05) is 36.4 Å². The maximum Gasteiger partial charge on any atom is 0.563 e. The van der Waals surface area contributed by atoms with Crippen molar-refractivity contribution in [2.75, 3.05) is 0 Å². The van der Waals surface area contributed by atoms with Crippen LogP contribution >= 0.6 is 0 Å². The van der Waals surface area contributed by atoms with Crippen LogP contribution < -0.4 is 4.57 Å². The van der Waals surface area contributed by atoms with Crippen LogP contribution in [0.3, 0.4) is 0 Å². The summed E-state index contributed by atoms with van der Waals surface area (Å²) in [6.45, 7) is 0. The quantitative estimate of drug-likeness (QED) is 0.470. The van der Waals surface area contributed by atoms with Crippen LogP contribution in [0.4, 0.5) is 4.79 Å². The van der Waals surface area contributed by atoms with Gasteiger partial charge in [-0.15, -0.1) is 8.42 Å². The number of nitrogens with zero attached hydrogens (tertiary/aromatic N) is 2. The first-order chi connectivity index (χ1) is 9.66. The van der Waals surface area contributed by atoms with Crippen molar-refractivity contribution in [2.24, 2.45) is 4.36 Å². The lowest BCUT2D eigenvalue weighted by atomic mass is 10.1. The van der Waals surface area contributed by atoms with Crippen LogP contribution in [0, 0.1) is 0 Å². The summed E-state index contributed by atoms with van der Waals surface area (Å²) in [5.74, 6) is 0. The van der Waals surface area contributed by atoms with E-state index >= 15 is 0 Å². The zero-order valence-corrected chi connectivity index (χ0v) is 11.0.